The number of nitrogens with one attached hydrogen (secondary N) is 1. The van der Waals surface area contributed by atoms with Gasteiger partial charge < -0.3 is 50.2 Å². The van der Waals surface area contributed by atoms with Gasteiger partial charge in [0.2, 0.25) is 0 Å². The highest BCUT2D eigenvalue weighted by molar-refractivity contribution is 5.99. The Balaban J connectivity index is 1.48. The number of aliphatic carboxylic acids is 1. The highest BCUT2D eigenvalue weighted by Gasteiger charge is 2.55. The number of aryl methyl sites for hydroxylation is 1. The fourth-order valence-corrected chi connectivity index (χ4v) is 9.16. The van der Waals surface area contributed by atoms with Crippen molar-refractivity contribution >= 4 is 23.5 Å². The first-order valence-electron chi connectivity index (χ1n) is 21.8. The summed E-state index contributed by atoms with van der Waals surface area (Å²) in [7, 11) is 5.15. The Morgan fingerprint density at radius 2 is 1.85 bits per heavy atom. The van der Waals surface area contributed by atoms with Gasteiger partial charge in [0, 0.05) is 49.5 Å². The Morgan fingerprint density at radius 1 is 1.16 bits per heavy atom. The number of nitrogen functional groups attached to an aromatic ring is 1. The maximum absolute atomic E-state index is 13.6. The van der Waals surface area contributed by atoms with Crippen LogP contribution in [0.3, 0.4) is 0 Å². The Kier molecular flexibility index (Phi) is 17.7. The number of nitrogens with two attached hydrogens (primary N) is 1. The molecule has 2 aliphatic rings. The van der Waals surface area contributed by atoms with Gasteiger partial charge in [0.1, 0.15) is 23.3 Å². The van der Waals surface area contributed by atoms with Crippen LogP contribution >= 0.6 is 0 Å². The number of anilines is 1. The van der Waals surface area contributed by atoms with E-state index in [0.29, 0.717) is 38.2 Å². The number of carbonyl (C=O) groups is 3. The van der Waals surface area contributed by atoms with E-state index >= 15 is 0 Å². The first-order chi connectivity index (χ1) is 28.7. The van der Waals surface area contributed by atoms with E-state index in [2.05, 4.69) is 36.4 Å². The second-order valence-corrected chi connectivity index (χ2v) is 18.1. The minimum atomic E-state index is -1.31. The Morgan fingerprint density at radius 3 is 2.46 bits per heavy atom. The third-order valence-corrected chi connectivity index (χ3v) is 13.2. The number of carbonyl (C=O) groups excluding carboxylic acids is 2. The van der Waals surface area contributed by atoms with E-state index in [4.69, 9.17) is 24.7 Å². The monoisotopic (exact) mass is 860 g/mol. The molecule has 0 spiro atoms. The van der Waals surface area contributed by atoms with Gasteiger partial charge in [-0.25, -0.2) is 4.79 Å². The molecule has 3 heterocycles. The highest BCUT2D eigenvalue weighted by atomic mass is 16.7. The number of carboxylic acid groups (broad SMARTS) is 1. The summed E-state index contributed by atoms with van der Waals surface area (Å²) in [5, 5.41) is 43.5. The molecule has 1 amide bonds. The van der Waals surface area contributed by atoms with Crippen LogP contribution in [-0.4, -0.2) is 153 Å². The number of cyclic esters (lactones) is 1. The van der Waals surface area contributed by atoms with Crippen LogP contribution in [0.1, 0.15) is 87.5 Å². The first-order valence-corrected chi connectivity index (χ1v) is 21.8. The van der Waals surface area contributed by atoms with Crippen LogP contribution in [0.4, 0.5) is 10.5 Å². The quantitative estimate of drug-likeness (QED) is 0.0571. The summed E-state index contributed by atoms with van der Waals surface area (Å²) < 4.78 is 26.8. The van der Waals surface area contributed by atoms with E-state index in [1.54, 1.807) is 11.6 Å². The molecule has 17 heteroatoms. The molecular weight excluding hydrogens is 787 g/mol. The minimum Gasteiger partial charge on any atom is -0.481 e. The number of rotatable bonds is 24. The Hall–Kier alpha value is -3.71. The topological polar surface area (TPSA) is 224 Å². The standard InChI is InChI=1S/C44H73N7O10/c1-12-27(3)44(8)38(51(42(57)61-44)19-14-13-18-50-24-34(47-48-50)31-16-15-17-32(45)20-31)30(6)46-23-26(2)22-43(7,58-11)39(28(4)36(53)29(5)40(55)56)60-41-37(54)35(49(9)10)21-33(25-52)59-41/h15-17,20,24,26-30,33,35,37-39,41,46,52,54H,12-14,18-19,21-23,25,45H2,1-11H3,(H,55,56)/t26-,27-,28+,29-,30-,33?,35?,37?,38-,39-,41+,43-,44-/m1/s1. The van der Waals surface area contributed by atoms with Crippen molar-refractivity contribution in [3.63, 3.8) is 0 Å². The summed E-state index contributed by atoms with van der Waals surface area (Å²) in [5.74, 6) is -4.10. The van der Waals surface area contributed by atoms with E-state index < -0.39 is 65.4 Å². The van der Waals surface area contributed by atoms with Crippen LogP contribution < -0.4 is 11.1 Å². The summed E-state index contributed by atoms with van der Waals surface area (Å²) in [6.45, 7) is 16.4. The molecule has 0 radical (unpaired) electrons. The molecule has 1 aromatic carbocycles. The number of carboxylic acids is 1. The molecule has 0 bridgehead atoms. The normalized spacial score (nSPS) is 27.2. The SMILES string of the molecule is CC[C@@H](C)[C@@]1(C)OC(=O)N(CCCCn2cc(-c3cccc(N)c3)nn2)[C@@H]1[C@@H](C)NC[C@H](C)C[C@@](C)(OC)[C@H](O[C@@H]1OC(CO)CC(N(C)C)C1O)[C@@H](C)C(=O)[C@@H](C)C(=O)O. The minimum absolute atomic E-state index is 0.0745. The number of ketones is 1. The van der Waals surface area contributed by atoms with Crippen LogP contribution in [0, 0.1) is 23.7 Å². The number of hydrogen-bond donors (Lipinski definition) is 5. The number of amides is 1. The number of nitrogens with zero attached hydrogens (tertiary/aromatic N) is 5. The Bertz CT molecular complexity index is 1750. The van der Waals surface area contributed by atoms with Crippen LogP contribution in [0.25, 0.3) is 11.3 Å². The summed E-state index contributed by atoms with van der Waals surface area (Å²) in [4.78, 5) is 42.9. The zero-order chi connectivity index (χ0) is 45.4. The number of ether oxygens (including phenoxy) is 4. The van der Waals surface area contributed by atoms with Crippen molar-refractivity contribution in [1.82, 2.24) is 30.1 Å². The lowest BCUT2D eigenvalue weighted by molar-refractivity contribution is -0.300. The van der Waals surface area contributed by atoms with Crippen molar-refractivity contribution in [1.29, 1.82) is 0 Å². The summed E-state index contributed by atoms with van der Waals surface area (Å²) in [6, 6.07) is 6.64. The third kappa shape index (κ3) is 11.9. The van der Waals surface area contributed by atoms with Crippen LogP contribution in [0.5, 0.6) is 0 Å². The number of aliphatic hydroxyl groups excluding tert-OH is 2. The molecule has 13 atom stereocenters. The fourth-order valence-electron chi connectivity index (χ4n) is 9.16. The molecule has 0 saturated carbocycles. The number of aromatic nitrogens is 3. The van der Waals surface area contributed by atoms with Gasteiger partial charge in [-0.3, -0.25) is 19.2 Å². The molecule has 4 rings (SSSR count). The predicted octanol–water partition coefficient (Wildman–Crippen LogP) is 4.05. The number of methoxy groups -OCH3 is 1. The second kappa shape index (κ2) is 21.6. The highest BCUT2D eigenvalue weighted by Crippen LogP contribution is 2.40. The van der Waals surface area contributed by atoms with E-state index in [1.165, 1.54) is 14.0 Å². The second-order valence-electron chi connectivity index (χ2n) is 18.1. The van der Waals surface area contributed by atoms with Crippen molar-refractivity contribution in [3.05, 3.63) is 30.5 Å². The van der Waals surface area contributed by atoms with Crippen LogP contribution in [0.15, 0.2) is 30.5 Å². The van der Waals surface area contributed by atoms with Gasteiger partial charge in [0.15, 0.2) is 12.1 Å². The average molecular weight is 860 g/mol. The maximum Gasteiger partial charge on any atom is 0.410 e. The molecule has 1 aromatic heterocycles. The van der Waals surface area contributed by atoms with Crippen molar-refractivity contribution < 1.29 is 48.7 Å². The molecule has 0 aliphatic carbocycles. The molecule has 61 heavy (non-hydrogen) atoms. The third-order valence-electron chi connectivity index (χ3n) is 13.2. The van der Waals surface area contributed by atoms with Gasteiger partial charge in [-0.05, 0) is 104 Å². The molecule has 2 aromatic rings. The van der Waals surface area contributed by atoms with Crippen molar-refractivity contribution in [2.75, 3.05) is 46.6 Å². The summed E-state index contributed by atoms with van der Waals surface area (Å²) in [5.41, 5.74) is 6.33. The van der Waals surface area contributed by atoms with Crippen molar-refractivity contribution in [2.45, 2.75) is 148 Å². The van der Waals surface area contributed by atoms with Crippen LogP contribution in [-0.2, 0) is 35.1 Å². The first kappa shape index (κ1) is 49.9. The van der Waals surface area contributed by atoms with Gasteiger partial charge >= 0.3 is 12.1 Å². The zero-order valence-corrected chi connectivity index (χ0v) is 38.1. The van der Waals surface area contributed by atoms with Gasteiger partial charge in [-0.2, -0.15) is 0 Å². The van der Waals surface area contributed by atoms with Crippen LogP contribution in [0.2, 0.25) is 0 Å². The number of benzene rings is 1. The molecule has 6 N–H and O–H groups in total. The van der Waals surface area contributed by atoms with Gasteiger partial charge in [-0.1, -0.05) is 45.0 Å². The van der Waals surface area contributed by atoms with Crippen molar-refractivity contribution in [2.24, 2.45) is 23.7 Å². The number of hydrogen-bond acceptors (Lipinski definition) is 14. The number of Topliss-reactive ketones (excluding diaryl/α,β-unsaturated/α-hetero) is 1. The van der Waals surface area contributed by atoms with E-state index in [1.807, 2.05) is 75.1 Å². The largest absolute Gasteiger partial charge is 0.481 e. The molecule has 2 aliphatic heterocycles. The smallest absolute Gasteiger partial charge is 0.410 e. The summed E-state index contributed by atoms with van der Waals surface area (Å²) >= 11 is 0. The number of aliphatic hydroxyl groups is 2. The van der Waals surface area contributed by atoms with Gasteiger partial charge in [0.05, 0.1) is 36.7 Å². The van der Waals surface area contributed by atoms with E-state index in [9.17, 15) is 29.7 Å². The summed E-state index contributed by atoms with van der Waals surface area (Å²) in [6.07, 6.45) is 0.557. The molecule has 344 valence electrons. The molecule has 17 nitrogen and oxygen atoms in total. The lowest BCUT2D eigenvalue weighted by Gasteiger charge is -2.47. The van der Waals surface area contributed by atoms with E-state index in [0.717, 1.165) is 30.5 Å². The van der Waals surface area contributed by atoms with Crippen molar-refractivity contribution in [3.8, 4) is 11.3 Å². The number of likely N-dealkylation sites (N-methyl/N-ethyl adjacent to an activating group) is 1. The molecule has 3 unspecified atom stereocenters. The number of unbranched alkanes of at least 4 members (excludes halogenated alkanes) is 1. The van der Waals surface area contributed by atoms with E-state index in [-0.39, 0.29) is 36.6 Å². The zero-order valence-electron chi connectivity index (χ0n) is 38.1. The van der Waals surface area contributed by atoms with Gasteiger partial charge in [0.25, 0.3) is 0 Å². The molecule has 2 fully saturated rings. The predicted molar refractivity (Wildman–Crippen MR) is 230 cm³/mol. The lowest BCUT2D eigenvalue weighted by Crippen LogP contribution is -2.60. The fraction of sp³-hybridized carbons (Fsp3) is 0.750. The molecular formula is C44H73N7O10. The average Bonchev–Trinajstić information content (AvgIpc) is 3.81. The van der Waals surface area contributed by atoms with Gasteiger partial charge in [-0.15, -0.1) is 5.10 Å². The Labute approximate surface area is 361 Å². The lowest BCUT2D eigenvalue weighted by atomic mass is 9.78. The maximum atomic E-state index is 13.6. The molecule has 2 saturated heterocycles.